The quantitative estimate of drug-likeness (QED) is 0.756. The van der Waals surface area contributed by atoms with Gasteiger partial charge in [-0.15, -0.1) is 0 Å². The SMILES string of the molecule is CN1C(=O)SC(C2(O)C(=O)Nc3ccc(C(=O)C(F)(F)F)cc32)C1=O. The van der Waals surface area contributed by atoms with Crippen LogP contribution in [0.15, 0.2) is 18.2 Å². The van der Waals surface area contributed by atoms with E-state index < -0.39 is 45.4 Å². The Balaban J connectivity index is 2.11. The Morgan fingerprint density at radius 1 is 1.32 bits per heavy atom. The number of amides is 3. The summed E-state index contributed by atoms with van der Waals surface area (Å²) in [6.07, 6.45) is -5.14. The summed E-state index contributed by atoms with van der Waals surface area (Å²) in [4.78, 5) is 48.1. The van der Waals surface area contributed by atoms with E-state index in [-0.39, 0.29) is 11.3 Å². The molecule has 1 aromatic carbocycles. The fraction of sp³-hybridized carbons (Fsp3) is 0.286. The van der Waals surface area contributed by atoms with E-state index in [9.17, 15) is 37.5 Å². The molecular weight excluding hydrogens is 365 g/mol. The third-order valence-electron chi connectivity index (χ3n) is 3.97. The van der Waals surface area contributed by atoms with E-state index in [0.717, 1.165) is 19.2 Å². The van der Waals surface area contributed by atoms with Crippen LogP contribution in [0.3, 0.4) is 0 Å². The number of alkyl halides is 3. The molecule has 2 heterocycles. The molecule has 2 N–H and O–H groups in total. The first kappa shape index (κ1) is 17.4. The van der Waals surface area contributed by atoms with Gasteiger partial charge < -0.3 is 10.4 Å². The number of fused-ring (bicyclic) bond motifs is 1. The van der Waals surface area contributed by atoms with Crippen molar-refractivity contribution in [3.05, 3.63) is 29.3 Å². The van der Waals surface area contributed by atoms with E-state index in [1.54, 1.807) is 0 Å². The molecule has 0 spiro atoms. The molecule has 25 heavy (non-hydrogen) atoms. The molecule has 2 atom stereocenters. The van der Waals surface area contributed by atoms with Crippen molar-refractivity contribution in [3.63, 3.8) is 0 Å². The number of carbonyl (C=O) groups excluding carboxylic acids is 4. The second-order valence-corrected chi connectivity index (χ2v) is 6.53. The molecular formula is C14H9F3N2O5S. The lowest BCUT2D eigenvalue weighted by Gasteiger charge is -2.25. The van der Waals surface area contributed by atoms with Gasteiger partial charge in [0, 0.05) is 23.9 Å². The summed E-state index contributed by atoms with van der Waals surface area (Å²) in [7, 11) is 1.15. The van der Waals surface area contributed by atoms with Crippen molar-refractivity contribution in [2.24, 2.45) is 0 Å². The lowest BCUT2D eigenvalue weighted by molar-refractivity contribution is -0.141. The lowest BCUT2D eigenvalue weighted by atomic mass is 9.89. The molecule has 1 saturated heterocycles. The van der Waals surface area contributed by atoms with Crippen molar-refractivity contribution in [2.75, 3.05) is 12.4 Å². The molecule has 0 radical (unpaired) electrons. The first-order chi connectivity index (χ1) is 11.5. The summed E-state index contributed by atoms with van der Waals surface area (Å²) >= 11 is 0.384. The number of nitrogens with one attached hydrogen (secondary N) is 1. The van der Waals surface area contributed by atoms with E-state index in [4.69, 9.17) is 0 Å². The van der Waals surface area contributed by atoms with Gasteiger partial charge in [-0.3, -0.25) is 24.1 Å². The van der Waals surface area contributed by atoms with Gasteiger partial charge in [-0.2, -0.15) is 13.2 Å². The lowest BCUT2D eigenvalue weighted by Crippen LogP contribution is -2.48. The molecule has 0 aromatic heterocycles. The molecule has 0 aliphatic carbocycles. The van der Waals surface area contributed by atoms with Crippen LogP contribution < -0.4 is 5.32 Å². The number of hydrogen-bond acceptors (Lipinski definition) is 6. The van der Waals surface area contributed by atoms with Crippen molar-refractivity contribution in [3.8, 4) is 0 Å². The monoisotopic (exact) mass is 374 g/mol. The number of imide groups is 1. The van der Waals surface area contributed by atoms with Gasteiger partial charge in [-0.25, -0.2) is 0 Å². The number of rotatable bonds is 2. The van der Waals surface area contributed by atoms with Crippen LogP contribution in [0.1, 0.15) is 15.9 Å². The number of nitrogens with zero attached hydrogens (tertiary/aromatic N) is 1. The second-order valence-electron chi connectivity index (χ2n) is 5.47. The van der Waals surface area contributed by atoms with Crippen molar-refractivity contribution in [1.82, 2.24) is 4.90 Å². The second kappa shape index (κ2) is 5.30. The fourth-order valence-electron chi connectivity index (χ4n) is 2.63. The molecule has 1 aromatic rings. The first-order valence-corrected chi connectivity index (χ1v) is 7.64. The number of carbonyl (C=O) groups is 4. The van der Waals surface area contributed by atoms with E-state index in [1.165, 1.54) is 0 Å². The van der Waals surface area contributed by atoms with Crippen LogP contribution in [0, 0.1) is 0 Å². The zero-order valence-corrected chi connectivity index (χ0v) is 13.2. The van der Waals surface area contributed by atoms with Gasteiger partial charge in [-0.05, 0) is 30.0 Å². The van der Waals surface area contributed by atoms with Gasteiger partial charge in [0.05, 0.1) is 0 Å². The molecule has 3 rings (SSSR count). The molecule has 2 aliphatic heterocycles. The summed E-state index contributed by atoms with van der Waals surface area (Å²) in [6, 6.07) is 2.58. The molecule has 0 saturated carbocycles. The number of thioether (sulfide) groups is 1. The standard InChI is InChI=1S/C14H9F3N2O5S/c1-19-10(21)9(25-12(19)23)13(24)6-4-5(8(20)14(15,16)17)2-3-7(6)18-11(13)22/h2-4,9,24H,1H3,(H,18,22). The number of aliphatic hydroxyl groups is 1. The van der Waals surface area contributed by atoms with Crippen molar-refractivity contribution >= 4 is 40.3 Å². The van der Waals surface area contributed by atoms with Crippen LogP contribution >= 0.6 is 11.8 Å². The molecule has 3 amide bonds. The summed E-state index contributed by atoms with van der Waals surface area (Å²) in [5.41, 5.74) is -3.76. The fourth-order valence-corrected chi connectivity index (χ4v) is 3.75. The molecule has 0 bridgehead atoms. The topological polar surface area (TPSA) is 104 Å². The largest absolute Gasteiger partial charge is 0.454 e. The van der Waals surface area contributed by atoms with Crippen LogP contribution in [0.2, 0.25) is 0 Å². The summed E-state index contributed by atoms with van der Waals surface area (Å²) < 4.78 is 37.9. The average Bonchev–Trinajstić information content (AvgIpc) is 2.95. The molecule has 7 nitrogen and oxygen atoms in total. The molecule has 11 heteroatoms. The minimum absolute atomic E-state index is 0.0402. The van der Waals surface area contributed by atoms with E-state index in [0.29, 0.717) is 22.7 Å². The Morgan fingerprint density at radius 3 is 2.48 bits per heavy atom. The number of Topliss-reactive ketones (excluding diaryl/α,β-unsaturated/α-hetero) is 1. The Kier molecular flexibility index (Phi) is 3.69. The Morgan fingerprint density at radius 2 is 1.96 bits per heavy atom. The van der Waals surface area contributed by atoms with Gasteiger partial charge >= 0.3 is 6.18 Å². The number of anilines is 1. The van der Waals surface area contributed by atoms with Gasteiger partial charge in [0.25, 0.3) is 16.9 Å². The summed E-state index contributed by atoms with van der Waals surface area (Å²) in [5.74, 6) is -4.09. The van der Waals surface area contributed by atoms with Gasteiger partial charge in [0.15, 0.2) is 5.60 Å². The maximum Gasteiger partial charge on any atom is 0.454 e. The number of benzene rings is 1. The van der Waals surface area contributed by atoms with Crippen molar-refractivity contribution in [2.45, 2.75) is 17.0 Å². The van der Waals surface area contributed by atoms with Crippen LogP contribution in [0.25, 0.3) is 0 Å². The number of ketones is 1. The highest BCUT2D eigenvalue weighted by molar-refractivity contribution is 8.15. The van der Waals surface area contributed by atoms with Crippen molar-refractivity contribution < 1.29 is 37.5 Å². The maximum atomic E-state index is 12.6. The Hall–Kier alpha value is -2.40. The zero-order valence-electron chi connectivity index (χ0n) is 12.4. The van der Waals surface area contributed by atoms with Gasteiger partial charge in [0.1, 0.15) is 5.25 Å². The van der Waals surface area contributed by atoms with Crippen LogP contribution in [0.5, 0.6) is 0 Å². The number of halogens is 3. The number of hydrogen-bond donors (Lipinski definition) is 2. The molecule has 132 valence electrons. The van der Waals surface area contributed by atoms with Crippen LogP contribution in [-0.2, 0) is 15.2 Å². The minimum Gasteiger partial charge on any atom is -0.374 e. The predicted molar refractivity (Wildman–Crippen MR) is 78.9 cm³/mol. The minimum atomic E-state index is -5.14. The van der Waals surface area contributed by atoms with Crippen LogP contribution in [-0.4, -0.2) is 51.3 Å². The Bertz CT molecular complexity index is 840. The van der Waals surface area contributed by atoms with E-state index in [2.05, 4.69) is 5.32 Å². The average molecular weight is 374 g/mol. The van der Waals surface area contributed by atoms with E-state index in [1.807, 2.05) is 0 Å². The third-order valence-corrected chi connectivity index (χ3v) is 5.23. The predicted octanol–water partition coefficient (Wildman–Crippen LogP) is 1.27. The molecule has 2 aliphatic rings. The van der Waals surface area contributed by atoms with Crippen molar-refractivity contribution in [1.29, 1.82) is 0 Å². The smallest absolute Gasteiger partial charge is 0.374 e. The normalized spacial score (nSPS) is 26.0. The summed E-state index contributed by atoms with van der Waals surface area (Å²) in [5, 5.41) is 10.8. The highest BCUT2D eigenvalue weighted by atomic mass is 32.2. The third kappa shape index (κ3) is 2.42. The Labute approximate surface area is 142 Å². The van der Waals surface area contributed by atoms with Gasteiger partial charge in [-0.1, -0.05) is 0 Å². The van der Waals surface area contributed by atoms with Gasteiger partial charge in [0.2, 0.25) is 5.91 Å². The molecule has 2 unspecified atom stereocenters. The highest BCUT2D eigenvalue weighted by Crippen LogP contribution is 2.46. The maximum absolute atomic E-state index is 12.6. The van der Waals surface area contributed by atoms with E-state index >= 15 is 0 Å². The first-order valence-electron chi connectivity index (χ1n) is 6.76. The zero-order chi connectivity index (χ0) is 18.7. The molecule has 1 fully saturated rings. The highest BCUT2D eigenvalue weighted by Gasteiger charge is 2.59. The summed E-state index contributed by atoms with van der Waals surface area (Å²) in [6.45, 7) is 0. The van der Waals surface area contributed by atoms with Crippen LogP contribution in [0.4, 0.5) is 23.7 Å².